The highest BCUT2D eigenvalue weighted by molar-refractivity contribution is 7.89. The standard InChI is InChI=1S/C25H29NO5S/c1-18-8-14-22(15-9-18)32(28,29)26-17-16-23(25(27)31-21-6-4-3-5-7-21)24(26)19-10-12-20(30-2)13-11-19/h8-16,21,24H,3-7,17H2,1-2H3/t24-/m1/s1. The monoisotopic (exact) mass is 455 g/mol. The fraction of sp³-hybridized carbons (Fsp3) is 0.400. The van der Waals surface area contributed by atoms with E-state index in [1.54, 1.807) is 61.7 Å². The van der Waals surface area contributed by atoms with Crippen molar-refractivity contribution in [2.75, 3.05) is 13.7 Å². The van der Waals surface area contributed by atoms with Crippen LogP contribution in [0.15, 0.2) is 65.1 Å². The van der Waals surface area contributed by atoms with E-state index in [4.69, 9.17) is 9.47 Å². The third-order valence-electron chi connectivity index (χ3n) is 6.19. The van der Waals surface area contributed by atoms with E-state index < -0.39 is 22.0 Å². The van der Waals surface area contributed by atoms with Crippen molar-refractivity contribution in [3.63, 3.8) is 0 Å². The Morgan fingerprint density at radius 2 is 1.62 bits per heavy atom. The number of carbonyl (C=O) groups excluding carboxylic acids is 1. The van der Waals surface area contributed by atoms with Gasteiger partial charge in [0.15, 0.2) is 0 Å². The Bertz CT molecular complexity index is 1080. The first kappa shape index (κ1) is 22.6. The molecule has 6 nitrogen and oxygen atoms in total. The van der Waals surface area contributed by atoms with Crippen LogP contribution in [0.4, 0.5) is 0 Å². The molecule has 0 unspecified atom stereocenters. The molecule has 1 heterocycles. The summed E-state index contributed by atoms with van der Waals surface area (Å²) < 4.78 is 39.5. The molecule has 1 aliphatic carbocycles. The lowest BCUT2D eigenvalue weighted by Gasteiger charge is -2.28. The number of benzene rings is 2. The van der Waals surface area contributed by atoms with Gasteiger partial charge in [0.05, 0.1) is 23.6 Å². The fourth-order valence-corrected chi connectivity index (χ4v) is 5.91. The summed E-state index contributed by atoms with van der Waals surface area (Å²) in [6.45, 7) is 2.02. The molecule has 32 heavy (non-hydrogen) atoms. The van der Waals surface area contributed by atoms with E-state index in [9.17, 15) is 13.2 Å². The molecule has 1 atom stereocenters. The first-order valence-corrected chi connectivity index (χ1v) is 12.5. The average Bonchev–Trinajstić information content (AvgIpc) is 3.26. The molecule has 0 aromatic heterocycles. The second-order valence-electron chi connectivity index (χ2n) is 8.39. The molecule has 0 amide bonds. The summed E-state index contributed by atoms with van der Waals surface area (Å²) in [7, 11) is -2.25. The first-order valence-electron chi connectivity index (χ1n) is 11.0. The Hall–Kier alpha value is -2.64. The molecule has 0 saturated heterocycles. The van der Waals surface area contributed by atoms with Crippen LogP contribution in [-0.2, 0) is 19.6 Å². The Morgan fingerprint density at radius 1 is 0.969 bits per heavy atom. The van der Waals surface area contributed by atoms with E-state index in [0.717, 1.165) is 37.7 Å². The average molecular weight is 456 g/mol. The molecule has 0 bridgehead atoms. The molecule has 4 rings (SSSR count). The van der Waals surface area contributed by atoms with Crippen LogP contribution in [0.5, 0.6) is 5.75 Å². The van der Waals surface area contributed by atoms with Gasteiger partial charge in [-0.15, -0.1) is 0 Å². The molecule has 1 saturated carbocycles. The van der Waals surface area contributed by atoms with Gasteiger partial charge in [-0.3, -0.25) is 0 Å². The molecule has 2 aliphatic rings. The van der Waals surface area contributed by atoms with Gasteiger partial charge < -0.3 is 9.47 Å². The van der Waals surface area contributed by atoms with Crippen LogP contribution in [0.3, 0.4) is 0 Å². The number of nitrogens with zero attached hydrogens (tertiary/aromatic N) is 1. The van der Waals surface area contributed by atoms with Gasteiger partial charge in [0, 0.05) is 6.54 Å². The van der Waals surface area contributed by atoms with Gasteiger partial charge in [-0.1, -0.05) is 42.3 Å². The molecular weight excluding hydrogens is 426 g/mol. The molecule has 2 aromatic rings. The maximum absolute atomic E-state index is 13.5. The second-order valence-corrected chi connectivity index (χ2v) is 10.3. The number of sulfonamides is 1. The Labute approximate surface area is 189 Å². The highest BCUT2D eigenvalue weighted by atomic mass is 32.2. The Kier molecular flexibility index (Phi) is 6.67. The minimum atomic E-state index is -3.83. The van der Waals surface area contributed by atoms with Crippen molar-refractivity contribution >= 4 is 16.0 Å². The summed E-state index contributed by atoms with van der Waals surface area (Å²) in [5.41, 5.74) is 2.05. The molecule has 0 spiro atoms. The van der Waals surface area contributed by atoms with Crippen LogP contribution in [0.25, 0.3) is 0 Å². The van der Waals surface area contributed by atoms with Gasteiger partial charge in [0.2, 0.25) is 10.0 Å². The lowest BCUT2D eigenvalue weighted by Crippen LogP contribution is -2.34. The summed E-state index contributed by atoms with van der Waals surface area (Å²) in [5.74, 6) is 0.231. The quantitative estimate of drug-likeness (QED) is 0.598. The third kappa shape index (κ3) is 4.59. The van der Waals surface area contributed by atoms with Crippen molar-refractivity contribution in [1.29, 1.82) is 0 Å². The lowest BCUT2D eigenvalue weighted by molar-refractivity contribution is -0.146. The largest absolute Gasteiger partial charge is 0.497 e. The zero-order valence-electron chi connectivity index (χ0n) is 18.5. The van der Waals surface area contributed by atoms with Gasteiger partial charge in [0.25, 0.3) is 0 Å². The molecule has 0 N–H and O–H groups in total. The Morgan fingerprint density at radius 3 is 2.25 bits per heavy atom. The number of ether oxygens (including phenoxy) is 2. The molecular formula is C25H29NO5S. The maximum atomic E-state index is 13.5. The Balaban J connectivity index is 1.67. The highest BCUT2D eigenvalue weighted by Crippen LogP contribution is 2.39. The number of esters is 1. The van der Waals surface area contributed by atoms with Crippen LogP contribution in [0, 0.1) is 6.92 Å². The van der Waals surface area contributed by atoms with E-state index in [-0.39, 0.29) is 17.5 Å². The summed E-state index contributed by atoms with van der Waals surface area (Å²) in [4.78, 5) is 13.3. The fourth-order valence-electron chi connectivity index (χ4n) is 4.37. The molecule has 1 aliphatic heterocycles. The summed E-state index contributed by atoms with van der Waals surface area (Å²) in [6.07, 6.45) is 6.56. The van der Waals surface area contributed by atoms with E-state index in [0.29, 0.717) is 16.9 Å². The van der Waals surface area contributed by atoms with E-state index in [2.05, 4.69) is 0 Å². The van der Waals surface area contributed by atoms with Crippen molar-refractivity contribution in [3.05, 3.63) is 71.3 Å². The highest BCUT2D eigenvalue weighted by Gasteiger charge is 2.41. The van der Waals surface area contributed by atoms with E-state index >= 15 is 0 Å². The van der Waals surface area contributed by atoms with Gasteiger partial charge in [-0.05, 0) is 62.4 Å². The second kappa shape index (κ2) is 9.46. The molecule has 2 aromatic carbocycles. The number of methoxy groups -OCH3 is 1. The summed E-state index contributed by atoms with van der Waals surface area (Å²) in [5, 5.41) is 0. The minimum Gasteiger partial charge on any atom is -0.497 e. The SMILES string of the molecule is COc1ccc([C@@H]2C(C(=O)OC3CCCCC3)=CCN2S(=O)(=O)c2ccc(C)cc2)cc1. The zero-order valence-corrected chi connectivity index (χ0v) is 19.3. The summed E-state index contributed by atoms with van der Waals surface area (Å²) >= 11 is 0. The van der Waals surface area contributed by atoms with Crippen molar-refractivity contribution in [1.82, 2.24) is 4.31 Å². The van der Waals surface area contributed by atoms with Gasteiger partial charge in [0.1, 0.15) is 11.9 Å². The van der Waals surface area contributed by atoms with Crippen molar-refractivity contribution in [2.45, 2.75) is 56.1 Å². The minimum absolute atomic E-state index is 0.101. The number of hydrogen-bond acceptors (Lipinski definition) is 5. The van der Waals surface area contributed by atoms with Crippen LogP contribution in [-0.4, -0.2) is 38.5 Å². The number of carbonyl (C=O) groups is 1. The van der Waals surface area contributed by atoms with Gasteiger partial charge >= 0.3 is 5.97 Å². The van der Waals surface area contributed by atoms with Gasteiger partial charge in [-0.2, -0.15) is 4.31 Å². The molecule has 0 radical (unpaired) electrons. The van der Waals surface area contributed by atoms with Crippen LogP contribution in [0.2, 0.25) is 0 Å². The smallest absolute Gasteiger partial charge is 0.336 e. The predicted molar refractivity (Wildman–Crippen MR) is 122 cm³/mol. The van der Waals surface area contributed by atoms with Gasteiger partial charge in [-0.25, -0.2) is 13.2 Å². The van der Waals surface area contributed by atoms with Crippen molar-refractivity contribution < 1.29 is 22.7 Å². The maximum Gasteiger partial charge on any atom is 0.336 e. The predicted octanol–water partition coefficient (Wildman–Crippen LogP) is 4.55. The molecule has 170 valence electrons. The third-order valence-corrected chi connectivity index (χ3v) is 8.04. The van der Waals surface area contributed by atoms with Crippen LogP contribution in [0.1, 0.15) is 49.3 Å². The van der Waals surface area contributed by atoms with Crippen LogP contribution < -0.4 is 4.74 Å². The van der Waals surface area contributed by atoms with E-state index in [1.165, 1.54) is 4.31 Å². The lowest BCUT2D eigenvalue weighted by atomic mass is 9.97. The van der Waals surface area contributed by atoms with Crippen LogP contribution >= 0.6 is 0 Å². The topological polar surface area (TPSA) is 72.9 Å². The number of hydrogen-bond donors (Lipinski definition) is 0. The number of rotatable bonds is 6. The number of aryl methyl sites for hydroxylation is 1. The molecule has 7 heteroatoms. The van der Waals surface area contributed by atoms with Crippen molar-refractivity contribution in [2.24, 2.45) is 0 Å². The van der Waals surface area contributed by atoms with Crippen molar-refractivity contribution in [3.8, 4) is 5.75 Å². The zero-order chi connectivity index (χ0) is 22.7. The van der Waals surface area contributed by atoms with E-state index in [1.807, 2.05) is 6.92 Å². The first-order chi connectivity index (χ1) is 15.4. The molecule has 1 fully saturated rings. The summed E-state index contributed by atoms with van der Waals surface area (Å²) in [6, 6.07) is 13.2. The normalized spacial score (nSPS) is 20.1.